The number of carbonyl (C=O) groups excluding carboxylic acids is 1. The van der Waals surface area contributed by atoms with E-state index in [1.165, 1.54) is 7.11 Å². The van der Waals surface area contributed by atoms with E-state index in [0.717, 1.165) is 30.0 Å². The van der Waals surface area contributed by atoms with Gasteiger partial charge in [-0.05, 0) is 36.1 Å². The molecule has 0 saturated heterocycles. The summed E-state index contributed by atoms with van der Waals surface area (Å²) in [6.07, 6.45) is 4.69. The van der Waals surface area contributed by atoms with Gasteiger partial charge in [-0.3, -0.25) is 9.78 Å². The van der Waals surface area contributed by atoms with Crippen LogP contribution in [0.25, 0.3) is 0 Å². The van der Waals surface area contributed by atoms with E-state index in [0.29, 0.717) is 6.42 Å². The highest BCUT2D eigenvalue weighted by Gasteiger charge is 2.44. The number of carbonyl (C=O) groups is 1. The number of aromatic nitrogens is 1. The molecule has 0 spiro atoms. The van der Waals surface area contributed by atoms with E-state index < -0.39 is 0 Å². The Morgan fingerprint density at radius 2 is 2.35 bits per heavy atom. The fourth-order valence-electron chi connectivity index (χ4n) is 1.78. The van der Waals surface area contributed by atoms with Crippen LogP contribution in [-0.4, -0.2) is 23.8 Å². The second-order valence-electron chi connectivity index (χ2n) is 4.57. The molecule has 4 heteroatoms. The van der Waals surface area contributed by atoms with Crippen LogP contribution in [0.1, 0.15) is 25.0 Å². The molecular formula is C13H17NO2S. The minimum atomic E-state index is -0.0825. The van der Waals surface area contributed by atoms with Crippen LogP contribution in [0.2, 0.25) is 0 Å². The summed E-state index contributed by atoms with van der Waals surface area (Å²) >= 11 is 1.86. The number of pyridine rings is 1. The number of thioether (sulfide) groups is 1. The molecule has 3 nitrogen and oxygen atoms in total. The third kappa shape index (κ3) is 3.73. The molecule has 1 aromatic rings. The Bertz CT molecular complexity index is 376. The molecule has 1 saturated carbocycles. The highest BCUT2D eigenvalue weighted by atomic mass is 32.2. The average molecular weight is 251 g/mol. The Morgan fingerprint density at radius 1 is 1.53 bits per heavy atom. The molecule has 0 bridgehead atoms. The average Bonchev–Trinajstić information content (AvgIpc) is 3.10. The van der Waals surface area contributed by atoms with Gasteiger partial charge in [-0.15, -0.1) is 0 Å². The predicted octanol–water partition coefficient (Wildman–Crippen LogP) is 2.66. The summed E-state index contributed by atoms with van der Waals surface area (Å²) in [7, 11) is 1.46. The van der Waals surface area contributed by atoms with Crippen molar-refractivity contribution in [2.24, 2.45) is 5.41 Å². The number of rotatable bonds is 6. The molecule has 0 aromatic carbocycles. The van der Waals surface area contributed by atoms with Gasteiger partial charge in [0.25, 0.3) is 0 Å². The maximum absolute atomic E-state index is 11.3. The monoisotopic (exact) mass is 251 g/mol. The summed E-state index contributed by atoms with van der Waals surface area (Å²) in [5, 5.41) is 0. The highest BCUT2D eigenvalue weighted by molar-refractivity contribution is 7.98. The number of esters is 1. The fraction of sp³-hybridized carbons (Fsp3) is 0.538. The van der Waals surface area contributed by atoms with Crippen LogP contribution in [0.5, 0.6) is 0 Å². The molecule has 1 aliphatic carbocycles. The van der Waals surface area contributed by atoms with Crippen LogP contribution in [0.4, 0.5) is 0 Å². The summed E-state index contributed by atoms with van der Waals surface area (Å²) < 4.78 is 4.73. The van der Waals surface area contributed by atoms with Crippen LogP contribution in [0.15, 0.2) is 24.4 Å². The smallest absolute Gasteiger partial charge is 0.306 e. The standard InChI is InChI=1S/C13H17NO2S/c1-16-12(15)8-13(5-6-13)10-17-9-11-4-2-3-7-14-11/h2-4,7H,5-6,8-10H2,1H3. The van der Waals surface area contributed by atoms with Crippen molar-refractivity contribution in [2.75, 3.05) is 12.9 Å². The lowest BCUT2D eigenvalue weighted by atomic mass is 10.1. The van der Waals surface area contributed by atoms with Gasteiger partial charge >= 0.3 is 5.97 Å². The van der Waals surface area contributed by atoms with E-state index in [1.54, 1.807) is 0 Å². The van der Waals surface area contributed by atoms with E-state index in [-0.39, 0.29) is 11.4 Å². The third-order valence-corrected chi connectivity index (χ3v) is 4.40. The molecule has 1 heterocycles. The molecule has 1 aliphatic rings. The molecule has 0 atom stereocenters. The summed E-state index contributed by atoms with van der Waals surface area (Å²) in [4.78, 5) is 15.5. The lowest BCUT2D eigenvalue weighted by Crippen LogP contribution is -2.13. The van der Waals surface area contributed by atoms with E-state index in [4.69, 9.17) is 4.74 Å². The SMILES string of the molecule is COC(=O)CC1(CSCc2ccccn2)CC1. The lowest BCUT2D eigenvalue weighted by molar-refractivity contribution is -0.141. The van der Waals surface area contributed by atoms with Gasteiger partial charge in [0.1, 0.15) is 0 Å². The third-order valence-electron chi connectivity index (χ3n) is 3.09. The molecule has 0 aliphatic heterocycles. The molecule has 17 heavy (non-hydrogen) atoms. The van der Waals surface area contributed by atoms with Crippen molar-refractivity contribution < 1.29 is 9.53 Å². The Kier molecular flexibility index (Phi) is 4.05. The summed E-state index contributed by atoms with van der Waals surface area (Å²) in [5.74, 6) is 1.86. The van der Waals surface area contributed by atoms with Crippen molar-refractivity contribution in [3.05, 3.63) is 30.1 Å². The van der Waals surface area contributed by atoms with Crippen LogP contribution in [0.3, 0.4) is 0 Å². The van der Waals surface area contributed by atoms with Gasteiger partial charge in [-0.1, -0.05) is 6.07 Å². The van der Waals surface area contributed by atoms with Gasteiger partial charge in [0, 0.05) is 11.9 Å². The van der Waals surface area contributed by atoms with Gasteiger partial charge in [0.2, 0.25) is 0 Å². The molecule has 0 amide bonds. The Balaban J connectivity index is 1.73. The lowest BCUT2D eigenvalue weighted by Gasteiger charge is -2.12. The van der Waals surface area contributed by atoms with Crippen LogP contribution < -0.4 is 0 Å². The molecule has 0 unspecified atom stereocenters. The first kappa shape index (κ1) is 12.4. The van der Waals surface area contributed by atoms with Crippen molar-refractivity contribution in [1.82, 2.24) is 4.98 Å². The van der Waals surface area contributed by atoms with Crippen molar-refractivity contribution >= 4 is 17.7 Å². The van der Waals surface area contributed by atoms with Gasteiger partial charge < -0.3 is 4.74 Å². The van der Waals surface area contributed by atoms with E-state index in [9.17, 15) is 4.79 Å². The number of hydrogen-bond acceptors (Lipinski definition) is 4. The second-order valence-corrected chi connectivity index (χ2v) is 5.55. The molecule has 2 rings (SSSR count). The van der Waals surface area contributed by atoms with Crippen LogP contribution >= 0.6 is 11.8 Å². The van der Waals surface area contributed by atoms with E-state index in [1.807, 2.05) is 36.2 Å². The predicted molar refractivity (Wildman–Crippen MR) is 68.7 cm³/mol. The van der Waals surface area contributed by atoms with Gasteiger partial charge in [-0.2, -0.15) is 11.8 Å². The molecule has 0 N–H and O–H groups in total. The maximum Gasteiger partial charge on any atom is 0.306 e. The summed E-state index contributed by atoms with van der Waals surface area (Å²) in [6.45, 7) is 0. The van der Waals surface area contributed by atoms with Crippen LogP contribution in [0, 0.1) is 5.41 Å². The normalized spacial score (nSPS) is 16.5. The molecular weight excluding hydrogens is 234 g/mol. The quantitative estimate of drug-likeness (QED) is 0.729. The Labute approximate surface area is 106 Å². The molecule has 92 valence electrons. The maximum atomic E-state index is 11.3. The van der Waals surface area contributed by atoms with E-state index in [2.05, 4.69) is 4.98 Å². The first-order valence-corrected chi connectivity index (χ1v) is 6.94. The minimum Gasteiger partial charge on any atom is -0.469 e. The zero-order chi connectivity index (χ0) is 12.1. The van der Waals surface area contributed by atoms with Gasteiger partial charge in [0.15, 0.2) is 0 Å². The Hall–Kier alpha value is -1.03. The van der Waals surface area contributed by atoms with Gasteiger partial charge in [-0.25, -0.2) is 0 Å². The second kappa shape index (κ2) is 5.54. The van der Waals surface area contributed by atoms with Crippen LogP contribution in [-0.2, 0) is 15.3 Å². The first-order chi connectivity index (χ1) is 8.24. The highest BCUT2D eigenvalue weighted by Crippen LogP contribution is 2.51. The summed E-state index contributed by atoms with van der Waals surface area (Å²) in [5.41, 5.74) is 1.32. The summed E-state index contributed by atoms with van der Waals surface area (Å²) in [6, 6.07) is 5.96. The van der Waals surface area contributed by atoms with Crippen molar-refractivity contribution in [1.29, 1.82) is 0 Å². The van der Waals surface area contributed by atoms with Gasteiger partial charge in [0.05, 0.1) is 19.2 Å². The topological polar surface area (TPSA) is 39.2 Å². The fourth-order valence-corrected chi connectivity index (χ4v) is 3.09. The zero-order valence-electron chi connectivity index (χ0n) is 10.0. The number of ether oxygens (including phenoxy) is 1. The number of methoxy groups -OCH3 is 1. The molecule has 1 aromatic heterocycles. The van der Waals surface area contributed by atoms with E-state index >= 15 is 0 Å². The number of nitrogens with zero attached hydrogens (tertiary/aromatic N) is 1. The van der Waals surface area contributed by atoms with Crippen molar-refractivity contribution in [3.63, 3.8) is 0 Å². The molecule has 0 radical (unpaired) electrons. The number of hydrogen-bond donors (Lipinski definition) is 0. The largest absolute Gasteiger partial charge is 0.469 e. The molecule has 1 fully saturated rings. The Morgan fingerprint density at radius 3 is 2.94 bits per heavy atom. The first-order valence-electron chi connectivity index (χ1n) is 5.79. The minimum absolute atomic E-state index is 0.0825. The zero-order valence-corrected chi connectivity index (χ0v) is 10.8. The van der Waals surface area contributed by atoms with Crippen molar-refractivity contribution in [2.45, 2.75) is 25.0 Å². The van der Waals surface area contributed by atoms with Crippen molar-refractivity contribution in [3.8, 4) is 0 Å².